The third kappa shape index (κ3) is 6.79. The standard InChI is InChI=1S/C18H21NO.C4H6O4/c20-16-12-7-13-19-18(16)17(14-8-3-1-4-9-14)15-10-5-2-6-11-15;5-3(6)1-2-4(7)8/h1-6,8-11,16-20H,7,12-13H2;1-2H2,(H,5,6)(H,7,8). The van der Waals surface area contributed by atoms with Crippen molar-refractivity contribution in [1.29, 1.82) is 0 Å². The fourth-order valence-electron chi connectivity index (χ4n) is 3.38. The second kappa shape index (κ2) is 11.2. The average molecular weight is 385 g/mol. The highest BCUT2D eigenvalue weighted by atomic mass is 16.4. The van der Waals surface area contributed by atoms with Gasteiger partial charge in [0.2, 0.25) is 0 Å². The van der Waals surface area contributed by atoms with Gasteiger partial charge in [0.1, 0.15) is 0 Å². The van der Waals surface area contributed by atoms with E-state index < -0.39 is 11.9 Å². The van der Waals surface area contributed by atoms with E-state index in [1.165, 1.54) is 11.1 Å². The Morgan fingerprint density at radius 1 is 0.893 bits per heavy atom. The number of piperidine rings is 1. The van der Waals surface area contributed by atoms with E-state index in [0.717, 1.165) is 19.4 Å². The van der Waals surface area contributed by atoms with E-state index in [1.54, 1.807) is 0 Å². The Hall–Kier alpha value is -2.70. The molecule has 3 rings (SSSR count). The van der Waals surface area contributed by atoms with Gasteiger partial charge < -0.3 is 20.6 Å². The maximum Gasteiger partial charge on any atom is 0.303 e. The predicted octanol–water partition coefficient (Wildman–Crippen LogP) is 2.87. The van der Waals surface area contributed by atoms with Crippen LogP contribution in [0.3, 0.4) is 0 Å². The number of nitrogens with one attached hydrogen (secondary N) is 1. The molecule has 150 valence electrons. The molecule has 2 aromatic carbocycles. The smallest absolute Gasteiger partial charge is 0.303 e. The Morgan fingerprint density at radius 2 is 1.36 bits per heavy atom. The number of aliphatic carboxylic acids is 2. The summed E-state index contributed by atoms with van der Waals surface area (Å²) in [6, 6.07) is 21.1. The zero-order chi connectivity index (χ0) is 20.4. The maximum absolute atomic E-state index is 10.4. The zero-order valence-electron chi connectivity index (χ0n) is 15.7. The summed E-state index contributed by atoms with van der Waals surface area (Å²) in [4.78, 5) is 19.3. The monoisotopic (exact) mass is 385 g/mol. The lowest BCUT2D eigenvalue weighted by Gasteiger charge is -2.36. The Balaban J connectivity index is 0.000000300. The van der Waals surface area contributed by atoms with Crippen molar-refractivity contribution in [2.24, 2.45) is 0 Å². The van der Waals surface area contributed by atoms with E-state index in [9.17, 15) is 14.7 Å². The minimum Gasteiger partial charge on any atom is -0.481 e. The molecule has 2 atom stereocenters. The molecule has 4 N–H and O–H groups in total. The van der Waals surface area contributed by atoms with Gasteiger partial charge in [-0.2, -0.15) is 0 Å². The fourth-order valence-corrected chi connectivity index (χ4v) is 3.38. The topological polar surface area (TPSA) is 107 Å². The number of carbonyl (C=O) groups is 2. The van der Waals surface area contributed by atoms with Crippen molar-refractivity contribution in [1.82, 2.24) is 5.32 Å². The van der Waals surface area contributed by atoms with Crippen LogP contribution in [0.5, 0.6) is 0 Å². The van der Waals surface area contributed by atoms with E-state index in [0.29, 0.717) is 0 Å². The summed E-state index contributed by atoms with van der Waals surface area (Å²) < 4.78 is 0. The molecule has 1 saturated heterocycles. The third-order valence-corrected chi connectivity index (χ3v) is 4.70. The molecule has 0 saturated carbocycles. The van der Waals surface area contributed by atoms with Crippen molar-refractivity contribution in [3.05, 3.63) is 71.8 Å². The Labute approximate surface area is 164 Å². The van der Waals surface area contributed by atoms with Gasteiger partial charge in [0.25, 0.3) is 0 Å². The summed E-state index contributed by atoms with van der Waals surface area (Å²) in [7, 11) is 0. The first-order valence-corrected chi connectivity index (χ1v) is 9.44. The van der Waals surface area contributed by atoms with Gasteiger partial charge in [-0.3, -0.25) is 9.59 Å². The summed E-state index contributed by atoms with van der Waals surface area (Å²) in [5, 5.41) is 29.7. The van der Waals surface area contributed by atoms with Crippen molar-refractivity contribution >= 4 is 11.9 Å². The summed E-state index contributed by atoms with van der Waals surface area (Å²) >= 11 is 0. The molecule has 1 fully saturated rings. The number of aliphatic hydroxyl groups excluding tert-OH is 1. The second-order valence-corrected chi connectivity index (χ2v) is 6.78. The molecule has 0 aliphatic carbocycles. The number of rotatable bonds is 6. The molecular formula is C22H27NO5. The van der Waals surface area contributed by atoms with E-state index in [2.05, 4.69) is 53.8 Å². The predicted molar refractivity (Wildman–Crippen MR) is 106 cm³/mol. The highest BCUT2D eigenvalue weighted by molar-refractivity contribution is 5.75. The lowest BCUT2D eigenvalue weighted by molar-refractivity contribution is -0.143. The molecule has 1 aliphatic heterocycles. The quantitative estimate of drug-likeness (QED) is 0.609. The molecule has 28 heavy (non-hydrogen) atoms. The second-order valence-electron chi connectivity index (χ2n) is 6.78. The molecule has 0 aromatic heterocycles. The van der Waals surface area contributed by atoms with Crippen LogP contribution in [0.1, 0.15) is 42.7 Å². The van der Waals surface area contributed by atoms with Gasteiger partial charge >= 0.3 is 11.9 Å². The number of aliphatic hydroxyl groups is 1. The lowest BCUT2D eigenvalue weighted by Crippen LogP contribution is -2.48. The van der Waals surface area contributed by atoms with Crippen molar-refractivity contribution in [2.45, 2.75) is 43.7 Å². The van der Waals surface area contributed by atoms with Gasteiger partial charge in [-0.05, 0) is 30.5 Å². The molecule has 1 aliphatic rings. The Morgan fingerprint density at radius 3 is 1.75 bits per heavy atom. The van der Waals surface area contributed by atoms with Gasteiger partial charge in [0.05, 0.1) is 18.9 Å². The molecule has 2 unspecified atom stereocenters. The van der Waals surface area contributed by atoms with Gasteiger partial charge in [0, 0.05) is 12.0 Å². The molecule has 0 bridgehead atoms. The Kier molecular flexibility index (Phi) is 8.65. The maximum atomic E-state index is 10.4. The first kappa shape index (κ1) is 21.6. The van der Waals surface area contributed by atoms with Crippen molar-refractivity contribution in [3.8, 4) is 0 Å². The van der Waals surface area contributed by atoms with Crippen LogP contribution in [0.15, 0.2) is 60.7 Å². The minimum absolute atomic E-state index is 0.0912. The van der Waals surface area contributed by atoms with Crippen LogP contribution < -0.4 is 5.32 Å². The van der Waals surface area contributed by atoms with Crippen LogP contribution in [0.25, 0.3) is 0 Å². The van der Waals surface area contributed by atoms with E-state index in [1.807, 2.05) is 12.1 Å². The summed E-state index contributed by atoms with van der Waals surface area (Å²) in [5.41, 5.74) is 2.52. The van der Waals surface area contributed by atoms with Crippen molar-refractivity contribution in [3.63, 3.8) is 0 Å². The van der Waals surface area contributed by atoms with Crippen LogP contribution in [-0.4, -0.2) is 45.9 Å². The Bertz CT molecular complexity index is 682. The van der Waals surface area contributed by atoms with Crippen LogP contribution >= 0.6 is 0 Å². The summed E-state index contributed by atoms with van der Waals surface area (Å²) in [6.07, 6.45) is 1.06. The molecule has 6 heteroatoms. The molecule has 0 spiro atoms. The van der Waals surface area contributed by atoms with E-state index in [-0.39, 0.29) is 30.9 Å². The fraction of sp³-hybridized carbons (Fsp3) is 0.364. The number of hydrogen-bond acceptors (Lipinski definition) is 4. The van der Waals surface area contributed by atoms with Crippen LogP contribution in [0.2, 0.25) is 0 Å². The number of carboxylic acids is 2. The lowest BCUT2D eigenvalue weighted by atomic mass is 9.80. The first-order valence-electron chi connectivity index (χ1n) is 9.44. The van der Waals surface area contributed by atoms with Gasteiger partial charge in [-0.15, -0.1) is 0 Å². The minimum atomic E-state index is -1.08. The highest BCUT2D eigenvalue weighted by Gasteiger charge is 2.32. The van der Waals surface area contributed by atoms with Gasteiger partial charge in [0.15, 0.2) is 0 Å². The number of benzene rings is 2. The first-order chi connectivity index (χ1) is 13.5. The van der Waals surface area contributed by atoms with E-state index >= 15 is 0 Å². The molecule has 1 heterocycles. The molecule has 0 radical (unpaired) electrons. The van der Waals surface area contributed by atoms with Crippen LogP contribution in [0, 0.1) is 0 Å². The third-order valence-electron chi connectivity index (χ3n) is 4.70. The number of carboxylic acid groups (broad SMARTS) is 2. The van der Waals surface area contributed by atoms with Gasteiger partial charge in [-0.1, -0.05) is 60.7 Å². The molecule has 2 aromatic rings. The normalized spacial score (nSPS) is 18.8. The highest BCUT2D eigenvalue weighted by Crippen LogP contribution is 2.31. The van der Waals surface area contributed by atoms with E-state index in [4.69, 9.17) is 10.2 Å². The summed E-state index contributed by atoms with van der Waals surface area (Å²) in [6.45, 7) is 0.984. The number of hydrogen-bond donors (Lipinski definition) is 4. The van der Waals surface area contributed by atoms with Crippen molar-refractivity contribution in [2.75, 3.05) is 6.54 Å². The van der Waals surface area contributed by atoms with Crippen molar-refractivity contribution < 1.29 is 24.9 Å². The molecule has 6 nitrogen and oxygen atoms in total. The van der Waals surface area contributed by atoms with Crippen LogP contribution in [0.4, 0.5) is 0 Å². The van der Waals surface area contributed by atoms with Crippen LogP contribution in [-0.2, 0) is 9.59 Å². The molecular weight excluding hydrogens is 358 g/mol. The SMILES string of the molecule is O=C(O)CCC(=O)O.OC1CCCNC1C(c1ccccc1)c1ccccc1. The average Bonchev–Trinajstić information content (AvgIpc) is 2.70. The zero-order valence-corrected chi connectivity index (χ0v) is 15.7. The van der Waals surface area contributed by atoms with Gasteiger partial charge in [-0.25, -0.2) is 0 Å². The molecule has 0 amide bonds. The largest absolute Gasteiger partial charge is 0.481 e. The summed E-state index contributed by atoms with van der Waals surface area (Å²) in [5.74, 6) is -1.95.